The summed E-state index contributed by atoms with van der Waals surface area (Å²) >= 11 is 0. The highest BCUT2D eigenvalue weighted by atomic mass is 16.5. The Morgan fingerprint density at radius 3 is 2.27 bits per heavy atom. The fraction of sp³-hybridized carbons (Fsp3) is 0.238. The van der Waals surface area contributed by atoms with Crippen LogP contribution in [0.1, 0.15) is 16.8 Å². The van der Waals surface area contributed by atoms with E-state index in [-0.39, 0.29) is 6.42 Å². The van der Waals surface area contributed by atoms with Crippen molar-refractivity contribution in [3.63, 3.8) is 0 Å². The molecule has 0 bridgehead atoms. The smallest absolute Gasteiger partial charge is 0.329 e. The van der Waals surface area contributed by atoms with Crippen LogP contribution in [0.25, 0.3) is 16.6 Å². The summed E-state index contributed by atoms with van der Waals surface area (Å²) in [5, 5.41) is 0.997. The van der Waals surface area contributed by atoms with E-state index in [9.17, 15) is 9.59 Å². The topological polar surface area (TPSA) is 57.5 Å². The van der Waals surface area contributed by atoms with Crippen LogP contribution in [0.3, 0.4) is 0 Å². The highest BCUT2D eigenvalue weighted by molar-refractivity contribution is 6.09. The van der Waals surface area contributed by atoms with Crippen molar-refractivity contribution in [2.45, 2.75) is 18.8 Å². The minimum atomic E-state index is -1.53. The number of hydrogen-bond donors (Lipinski definition) is 0. The lowest BCUT2D eigenvalue weighted by atomic mass is 9.74. The summed E-state index contributed by atoms with van der Waals surface area (Å²) in [5.74, 6) is -1.21. The molecule has 132 valence electrons. The molecule has 4 rings (SSSR count). The molecule has 2 aromatic carbocycles. The molecule has 1 aromatic heterocycles. The van der Waals surface area contributed by atoms with Crippen molar-refractivity contribution >= 4 is 22.8 Å². The van der Waals surface area contributed by atoms with E-state index in [1.165, 1.54) is 14.2 Å². The summed E-state index contributed by atoms with van der Waals surface area (Å²) in [5.41, 5.74) is 2.79. The number of nitrogens with zero attached hydrogens (tertiary/aromatic N) is 1. The van der Waals surface area contributed by atoms with Crippen LogP contribution in [-0.4, -0.2) is 30.7 Å². The zero-order valence-corrected chi connectivity index (χ0v) is 14.9. The van der Waals surface area contributed by atoms with Gasteiger partial charge >= 0.3 is 11.9 Å². The van der Waals surface area contributed by atoms with Crippen LogP contribution < -0.4 is 0 Å². The minimum Gasteiger partial charge on any atom is -0.468 e. The molecule has 2 heterocycles. The number of methoxy groups -OCH3 is 2. The van der Waals surface area contributed by atoms with Crippen molar-refractivity contribution in [3.8, 4) is 5.69 Å². The first kappa shape index (κ1) is 16.4. The first-order valence-electron chi connectivity index (χ1n) is 8.42. The molecule has 0 aliphatic carbocycles. The van der Waals surface area contributed by atoms with Crippen LogP contribution in [0.15, 0.2) is 48.5 Å². The fourth-order valence-corrected chi connectivity index (χ4v) is 4.18. The highest BCUT2D eigenvalue weighted by Crippen LogP contribution is 2.45. The van der Waals surface area contributed by atoms with Gasteiger partial charge in [0.25, 0.3) is 0 Å². The lowest BCUT2D eigenvalue weighted by molar-refractivity contribution is -0.162. The number of ether oxygens (including phenoxy) is 2. The van der Waals surface area contributed by atoms with Crippen molar-refractivity contribution in [2.75, 3.05) is 14.2 Å². The maximum atomic E-state index is 13.0. The van der Waals surface area contributed by atoms with Gasteiger partial charge in [-0.15, -0.1) is 0 Å². The van der Waals surface area contributed by atoms with Crippen LogP contribution in [0.5, 0.6) is 0 Å². The number of fused-ring (bicyclic) bond motifs is 5. The van der Waals surface area contributed by atoms with Gasteiger partial charge in [0.2, 0.25) is 5.41 Å². The fourth-order valence-electron chi connectivity index (χ4n) is 4.18. The predicted molar refractivity (Wildman–Crippen MR) is 97.4 cm³/mol. The van der Waals surface area contributed by atoms with Gasteiger partial charge in [-0.25, -0.2) is 0 Å². The van der Waals surface area contributed by atoms with Crippen molar-refractivity contribution in [1.29, 1.82) is 0 Å². The number of para-hydroxylation sites is 2. The van der Waals surface area contributed by atoms with Gasteiger partial charge in [0.15, 0.2) is 0 Å². The van der Waals surface area contributed by atoms with Crippen molar-refractivity contribution in [3.05, 3.63) is 65.4 Å². The average Bonchev–Trinajstić information content (AvgIpc) is 3.00. The lowest BCUT2D eigenvalue weighted by Crippen LogP contribution is -2.50. The van der Waals surface area contributed by atoms with Gasteiger partial charge in [-0.1, -0.05) is 36.4 Å². The second kappa shape index (κ2) is 5.73. The molecule has 0 spiro atoms. The zero-order valence-electron chi connectivity index (χ0n) is 14.9. The summed E-state index contributed by atoms with van der Waals surface area (Å²) in [6, 6.07) is 15.7. The molecule has 0 saturated carbocycles. The molecule has 1 aliphatic rings. The number of carbonyl (C=O) groups is 2. The van der Waals surface area contributed by atoms with Gasteiger partial charge in [-0.3, -0.25) is 9.59 Å². The third-order valence-corrected chi connectivity index (χ3v) is 5.29. The van der Waals surface area contributed by atoms with Gasteiger partial charge in [-0.05, 0) is 30.2 Å². The van der Waals surface area contributed by atoms with E-state index in [0.717, 1.165) is 27.7 Å². The maximum Gasteiger partial charge on any atom is 0.329 e. The second-order valence-corrected chi connectivity index (χ2v) is 6.52. The molecule has 0 unspecified atom stereocenters. The predicted octanol–water partition coefficient (Wildman–Crippen LogP) is 3.08. The van der Waals surface area contributed by atoms with Gasteiger partial charge in [0.1, 0.15) is 0 Å². The standard InChI is InChI=1S/C21H19NO4/c1-13-15-9-5-7-11-17(15)22-16-10-6-4-8-14(16)12-21(18(13)22,19(23)25-2)20(24)26-3/h4-11H,12H2,1-3H3. The van der Waals surface area contributed by atoms with E-state index in [0.29, 0.717) is 5.69 Å². The Labute approximate surface area is 151 Å². The van der Waals surface area contributed by atoms with E-state index < -0.39 is 17.4 Å². The van der Waals surface area contributed by atoms with E-state index in [1.807, 2.05) is 60.0 Å². The molecule has 0 N–H and O–H groups in total. The van der Waals surface area contributed by atoms with Crippen molar-refractivity contribution in [1.82, 2.24) is 4.57 Å². The van der Waals surface area contributed by atoms with Crippen molar-refractivity contribution < 1.29 is 19.1 Å². The van der Waals surface area contributed by atoms with Crippen LogP contribution in [0, 0.1) is 6.92 Å². The number of esters is 2. The summed E-state index contributed by atoms with van der Waals surface area (Å²) in [4.78, 5) is 25.9. The van der Waals surface area contributed by atoms with E-state index >= 15 is 0 Å². The quantitative estimate of drug-likeness (QED) is 0.527. The number of aryl methyl sites for hydroxylation is 1. The minimum absolute atomic E-state index is 0.208. The van der Waals surface area contributed by atoms with Gasteiger partial charge in [-0.2, -0.15) is 0 Å². The monoisotopic (exact) mass is 349 g/mol. The Balaban J connectivity index is 2.21. The maximum absolute atomic E-state index is 13.0. The normalized spacial score (nSPS) is 14.4. The van der Waals surface area contributed by atoms with Crippen LogP contribution >= 0.6 is 0 Å². The molecule has 0 saturated heterocycles. The number of hydrogen-bond acceptors (Lipinski definition) is 4. The van der Waals surface area contributed by atoms with Crippen molar-refractivity contribution in [2.24, 2.45) is 0 Å². The SMILES string of the molecule is COC(=O)C1(C(=O)OC)Cc2ccccc2-n2c1c(C)c1ccccc12. The van der Waals surface area contributed by atoms with E-state index in [2.05, 4.69) is 0 Å². The van der Waals surface area contributed by atoms with E-state index in [1.54, 1.807) is 0 Å². The molecule has 1 aliphatic heterocycles. The summed E-state index contributed by atoms with van der Waals surface area (Å²) < 4.78 is 12.2. The average molecular weight is 349 g/mol. The molecule has 0 fully saturated rings. The Kier molecular flexibility index (Phi) is 3.61. The number of aromatic nitrogens is 1. The first-order valence-corrected chi connectivity index (χ1v) is 8.42. The Bertz CT molecular complexity index is 1030. The third-order valence-electron chi connectivity index (χ3n) is 5.29. The lowest BCUT2D eigenvalue weighted by Gasteiger charge is -2.35. The van der Waals surface area contributed by atoms with Crippen LogP contribution in [-0.2, 0) is 30.9 Å². The largest absolute Gasteiger partial charge is 0.468 e. The molecular weight excluding hydrogens is 330 g/mol. The Morgan fingerprint density at radius 1 is 0.962 bits per heavy atom. The molecule has 0 radical (unpaired) electrons. The highest BCUT2D eigenvalue weighted by Gasteiger charge is 2.55. The van der Waals surface area contributed by atoms with Gasteiger partial charge in [0.05, 0.1) is 25.4 Å². The molecule has 5 heteroatoms. The first-order chi connectivity index (χ1) is 12.6. The molecular formula is C21H19NO4. The third kappa shape index (κ3) is 1.91. The zero-order chi connectivity index (χ0) is 18.5. The molecule has 5 nitrogen and oxygen atoms in total. The molecule has 0 atom stereocenters. The summed E-state index contributed by atoms with van der Waals surface area (Å²) in [6.07, 6.45) is 0.208. The summed E-state index contributed by atoms with van der Waals surface area (Å²) in [6.45, 7) is 1.93. The number of rotatable bonds is 2. The Hall–Kier alpha value is -3.08. The number of carbonyl (C=O) groups excluding carboxylic acids is 2. The van der Waals surface area contributed by atoms with Crippen LogP contribution in [0.4, 0.5) is 0 Å². The van der Waals surface area contributed by atoms with Crippen LogP contribution in [0.2, 0.25) is 0 Å². The van der Waals surface area contributed by atoms with Gasteiger partial charge in [0, 0.05) is 17.5 Å². The van der Waals surface area contributed by atoms with Gasteiger partial charge < -0.3 is 14.0 Å². The Morgan fingerprint density at radius 2 is 1.58 bits per heavy atom. The summed E-state index contributed by atoms with van der Waals surface area (Å²) in [7, 11) is 2.60. The molecule has 26 heavy (non-hydrogen) atoms. The second-order valence-electron chi connectivity index (χ2n) is 6.52. The number of benzene rings is 2. The van der Waals surface area contributed by atoms with E-state index in [4.69, 9.17) is 9.47 Å². The molecule has 3 aromatic rings. The molecule has 0 amide bonds.